The molecule has 0 amide bonds. The highest BCUT2D eigenvalue weighted by molar-refractivity contribution is 6.05. The van der Waals surface area contributed by atoms with Crippen LogP contribution in [0.5, 0.6) is 0 Å². The average Bonchev–Trinajstić information content (AvgIpc) is 2.60. The SMILES string of the molecule is CC(=O)C(F)C(=O)C(F)F.c1cnc2c(c1)ccc1cccnc12. The summed E-state index contributed by atoms with van der Waals surface area (Å²) < 4.78 is 34.6. The lowest BCUT2D eigenvalue weighted by molar-refractivity contribution is -0.140. The van der Waals surface area contributed by atoms with Crippen LogP contribution >= 0.6 is 0 Å². The van der Waals surface area contributed by atoms with Crippen molar-refractivity contribution in [3.05, 3.63) is 48.8 Å². The van der Waals surface area contributed by atoms with E-state index in [1.807, 2.05) is 12.1 Å². The van der Waals surface area contributed by atoms with Crippen LogP contribution in [-0.4, -0.2) is 34.1 Å². The van der Waals surface area contributed by atoms with E-state index in [9.17, 15) is 22.8 Å². The summed E-state index contributed by atoms with van der Waals surface area (Å²) in [4.78, 5) is 28.6. The van der Waals surface area contributed by atoms with Crippen LogP contribution in [0, 0.1) is 0 Å². The Balaban J connectivity index is 0.000000187. The molecule has 3 rings (SSSR count). The molecule has 2 heterocycles. The van der Waals surface area contributed by atoms with Gasteiger partial charge >= 0.3 is 0 Å². The van der Waals surface area contributed by atoms with E-state index in [2.05, 4.69) is 34.2 Å². The fourth-order valence-electron chi connectivity index (χ4n) is 1.99. The first-order chi connectivity index (χ1) is 11.4. The number of benzene rings is 1. The number of alkyl halides is 3. The Kier molecular flexibility index (Phi) is 5.57. The molecule has 1 aromatic carbocycles. The van der Waals surface area contributed by atoms with Gasteiger partial charge in [0.1, 0.15) is 0 Å². The molecule has 0 aliphatic heterocycles. The summed E-state index contributed by atoms with van der Waals surface area (Å²) in [6, 6.07) is 12.1. The van der Waals surface area contributed by atoms with Crippen LogP contribution in [0.15, 0.2) is 48.8 Å². The van der Waals surface area contributed by atoms with Gasteiger partial charge < -0.3 is 0 Å². The van der Waals surface area contributed by atoms with Gasteiger partial charge in [0.05, 0.1) is 11.0 Å². The van der Waals surface area contributed by atoms with Crippen LogP contribution in [0.25, 0.3) is 21.8 Å². The quantitative estimate of drug-likeness (QED) is 0.543. The molecular weight excluding hydrogens is 321 g/mol. The zero-order valence-corrected chi connectivity index (χ0v) is 12.6. The van der Waals surface area contributed by atoms with Gasteiger partial charge in [0.15, 0.2) is 5.78 Å². The van der Waals surface area contributed by atoms with E-state index in [1.165, 1.54) is 0 Å². The minimum Gasteiger partial charge on any atom is -0.296 e. The molecule has 2 aromatic heterocycles. The van der Waals surface area contributed by atoms with Crippen LogP contribution < -0.4 is 0 Å². The molecule has 0 saturated heterocycles. The van der Waals surface area contributed by atoms with Crippen molar-refractivity contribution in [3.8, 4) is 0 Å². The first-order valence-corrected chi connectivity index (χ1v) is 6.96. The Morgan fingerprint density at radius 1 is 0.875 bits per heavy atom. The Morgan fingerprint density at radius 3 is 1.67 bits per heavy atom. The van der Waals surface area contributed by atoms with Gasteiger partial charge in [0, 0.05) is 23.2 Å². The molecule has 7 heteroatoms. The fourth-order valence-corrected chi connectivity index (χ4v) is 1.99. The van der Waals surface area contributed by atoms with Crippen molar-refractivity contribution in [2.75, 3.05) is 0 Å². The molecule has 0 fully saturated rings. The normalized spacial score (nSPS) is 11.9. The summed E-state index contributed by atoms with van der Waals surface area (Å²) in [7, 11) is 0. The lowest BCUT2D eigenvalue weighted by atomic mass is 10.1. The molecule has 0 spiro atoms. The number of rotatable bonds is 3. The van der Waals surface area contributed by atoms with Crippen molar-refractivity contribution in [3.63, 3.8) is 0 Å². The largest absolute Gasteiger partial charge is 0.299 e. The third kappa shape index (κ3) is 3.92. The lowest BCUT2D eigenvalue weighted by Crippen LogP contribution is -2.28. The molecule has 0 saturated carbocycles. The van der Waals surface area contributed by atoms with Crippen LogP contribution in [0.3, 0.4) is 0 Å². The Hall–Kier alpha value is -2.83. The molecule has 4 nitrogen and oxygen atoms in total. The summed E-state index contributed by atoms with van der Waals surface area (Å²) >= 11 is 0. The number of halogens is 3. The van der Waals surface area contributed by atoms with E-state index in [4.69, 9.17) is 0 Å². The molecule has 124 valence electrons. The molecule has 24 heavy (non-hydrogen) atoms. The van der Waals surface area contributed by atoms with Crippen LogP contribution in [-0.2, 0) is 9.59 Å². The number of carbonyl (C=O) groups is 2. The van der Waals surface area contributed by atoms with Gasteiger partial charge in [0.25, 0.3) is 6.43 Å². The number of Topliss-reactive ketones (excluding diaryl/α,β-unsaturated/α-hetero) is 2. The molecule has 3 aromatic rings. The van der Waals surface area contributed by atoms with Gasteiger partial charge in [-0.15, -0.1) is 0 Å². The number of aromatic nitrogens is 2. The maximum atomic E-state index is 12.0. The maximum absolute atomic E-state index is 12.0. The highest BCUT2D eigenvalue weighted by Gasteiger charge is 2.29. The average molecular weight is 334 g/mol. The van der Waals surface area contributed by atoms with Gasteiger partial charge in [-0.25, -0.2) is 13.2 Å². The number of ketones is 2. The van der Waals surface area contributed by atoms with Crippen molar-refractivity contribution in [1.29, 1.82) is 0 Å². The highest BCUT2D eigenvalue weighted by Crippen LogP contribution is 2.20. The summed E-state index contributed by atoms with van der Waals surface area (Å²) in [6.07, 6.45) is -2.47. The molecule has 0 radical (unpaired) electrons. The van der Waals surface area contributed by atoms with Gasteiger partial charge in [-0.3, -0.25) is 19.6 Å². The summed E-state index contributed by atoms with van der Waals surface area (Å²) in [6.45, 7) is 0.741. The minimum absolute atomic E-state index is 0.741. The standard InChI is InChI=1S/C12H8N2.C5H5F3O2/c1-3-9-5-6-10-4-2-8-14-12(10)11(9)13-7-1;1-2(9)3(6)4(10)5(7)8/h1-8H;3,5H,1H3. The van der Waals surface area contributed by atoms with Gasteiger partial charge in [0.2, 0.25) is 12.0 Å². The molecule has 0 aliphatic rings. The minimum atomic E-state index is -3.40. The van der Waals surface area contributed by atoms with Crippen molar-refractivity contribution in [1.82, 2.24) is 9.97 Å². The van der Waals surface area contributed by atoms with Crippen molar-refractivity contribution < 1.29 is 22.8 Å². The third-order valence-electron chi connectivity index (χ3n) is 3.17. The van der Waals surface area contributed by atoms with E-state index in [1.54, 1.807) is 12.4 Å². The molecule has 0 bridgehead atoms. The van der Waals surface area contributed by atoms with E-state index >= 15 is 0 Å². The number of carbonyl (C=O) groups excluding carboxylic acids is 2. The van der Waals surface area contributed by atoms with Gasteiger partial charge in [-0.1, -0.05) is 24.3 Å². The Bertz CT molecular complexity index is 829. The third-order valence-corrected chi connectivity index (χ3v) is 3.17. The van der Waals surface area contributed by atoms with Crippen LogP contribution in [0.2, 0.25) is 0 Å². The molecule has 1 atom stereocenters. The van der Waals surface area contributed by atoms with Crippen molar-refractivity contribution in [2.45, 2.75) is 19.5 Å². The smallest absolute Gasteiger partial charge is 0.296 e. The first-order valence-electron chi connectivity index (χ1n) is 6.96. The number of hydrogen-bond donors (Lipinski definition) is 0. The van der Waals surface area contributed by atoms with Gasteiger partial charge in [-0.05, 0) is 19.1 Å². The van der Waals surface area contributed by atoms with Crippen LogP contribution in [0.4, 0.5) is 13.2 Å². The maximum Gasteiger partial charge on any atom is 0.299 e. The van der Waals surface area contributed by atoms with Crippen LogP contribution in [0.1, 0.15) is 6.92 Å². The fraction of sp³-hybridized carbons (Fsp3) is 0.176. The summed E-state index contributed by atoms with van der Waals surface area (Å²) in [5.41, 5.74) is 1.95. The first kappa shape index (κ1) is 17.5. The van der Waals surface area contributed by atoms with Crippen molar-refractivity contribution in [2.24, 2.45) is 0 Å². The van der Waals surface area contributed by atoms with E-state index in [0.717, 1.165) is 28.7 Å². The number of fused-ring (bicyclic) bond motifs is 3. The number of pyridine rings is 2. The Labute approximate surface area is 135 Å². The topological polar surface area (TPSA) is 59.9 Å². The molecule has 0 aliphatic carbocycles. The second-order valence-corrected chi connectivity index (χ2v) is 4.89. The predicted octanol–water partition coefficient (Wildman–Crippen LogP) is 3.53. The van der Waals surface area contributed by atoms with E-state index in [0.29, 0.717) is 0 Å². The highest BCUT2D eigenvalue weighted by atomic mass is 19.3. The van der Waals surface area contributed by atoms with E-state index < -0.39 is 24.2 Å². The molecule has 0 N–H and O–H groups in total. The zero-order chi connectivity index (χ0) is 17.7. The Morgan fingerprint density at radius 2 is 1.33 bits per heavy atom. The monoisotopic (exact) mass is 334 g/mol. The van der Waals surface area contributed by atoms with Gasteiger partial charge in [-0.2, -0.15) is 0 Å². The predicted molar refractivity (Wildman–Crippen MR) is 83.6 cm³/mol. The second kappa shape index (κ2) is 7.63. The molecular formula is C17H13F3N2O2. The van der Waals surface area contributed by atoms with Crippen molar-refractivity contribution >= 4 is 33.4 Å². The number of hydrogen-bond acceptors (Lipinski definition) is 4. The molecule has 1 unspecified atom stereocenters. The second-order valence-electron chi connectivity index (χ2n) is 4.89. The lowest BCUT2D eigenvalue weighted by Gasteiger charge is -2.00. The van der Waals surface area contributed by atoms with E-state index in [-0.39, 0.29) is 0 Å². The summed E-state index contributed by atoms with van der Waals surface area (Å²) in [5.74, 6) is -3.15. The zero-order valence-electron chi connectivity index (χ0n) is 12.6. The summed E-state index contributed by atoms with van der Waals surface area (Å²) in [5, 5.41) is 2.28. The number of nitrogens with zero attached hydrogens (tertiary/aromatic N) is 2.